The number of rotatable bonds is 3. The summed E-state index contributed by atoms with van der Waals surface area (Å²) in [5.74, 6) is 0. The van der Waals surface area contributed by atoms with Gasteiger partial charge in [-0.3, -0.25) is 9.52 Å². The molecule has 0 saturated carbocycles. The van der Waals surface area contributed by atoms with E-state index in [1.807, 2.05) is 0 Å². The number of nitrogens with zero attached hydrogens (tertiary/aromatic N) is 1. The monoisotopic (exact) mass is 353 g/mol. The normalized spacial score (nSPS) is 11.6. The molecule has 0 spiro atoms. The minimum Gasteiger partial charge on any atom is -0.315 e. The first kappa shape index (κ1) is 15.3. The highest BCUT2D eigenvalue weighted by atomic mass is 35.5. The molecule has 108 valence electrons. The minimum absolute atomic E-state index is 0.0564. The molecule has 10 heteroatoms. The lowest BCUT2D eigenvalue weighted by Crippen LogP contribution is -2.14. The van der Waals surface area contributed by atoms with Crippen LogP contribution in [0.1, 0.15) is 11.3 Å². The molecule has 0 aliphatic rings. The molecule has 2 aromatic rings. The van der Waals surface area contributed by atoms with Crippen molar-refractivity contribution in [2.24, 2.45) is 0 Å². The number of anilines is 1. The van der Waals surface area contributed by atoms with E-state index in [1.54, 1.807) is 6.92 Å². The molecule has 2 aromatic heterocycles. The highest BCUT2D eigenvalue weighted by Crippen LogP contribution is 2.29. The summed E-state index contributed by atoms with van der Waals surface area (Å²) >= 11 is 12.2. The number of pyridine rings is 1. The molecule has 0 aliphatic heterocycles. The predicted molar refractivity (Wildman–Crippen MR) is 79.5 cm³/mol. The molecule has 0 bridgehead atoms. The molecular formula is C10H9Cl2N3O3S2. The van der Waals surface area contributed by atoms with Gasteiger partial charge in [-0.2, -0.15) is 0 Å². The van der Waals surface area contributed by atoms with Crippen molar-refractivity contribution in [2.75, 3.05) is 4.72 Å². The second kappa shape index (κ2) is 5.36. The average Bonchev–Trinajstić information content (AvgIpc) is 2.64. The molecule has 0 atom stereocenters. The number of aromatic nitrogens is 2. The van der Waals surface area contributed by atoms with Crippen LogP contribution in [0.25, 0.3) is 0 Å². The number of hydrogen-bond donors (Lipinski definition) is 2. The third kappa shape index (κ3) is 2.98. The first-order chi connectivity index (χ1) is 9.20. The second-order valence-electron chi connectivity index (χ2n) is 3.96. The van der Waals surface area contributed by atoms with E-state index < -0.39 is 14.9 Å². The topological polar surface area (TPSA) is 91.9 Å². The molecular weight excluding hydrogens is 345 g/mol. The van der Waals surface area contributed by atoms with Crippen molar-refractivity contribution in [3.8, 4) is 0 Å². The van der Waals surface area contributed by atoms with Crippen LogP contribution in [0.15, 0.2) is 15.1 Å². The van der Waals surface area contributed by atoms with E-state index in [2.05, 4.69) is 14.7 Å². The first-order valence-electron chi connectivity index (χ1n) is 5.26. The molecule has 2 rings (SSSR count). The summed E-state index contributed by atoms with van der Waals surface area (Å²) in [7, 11) is -3.91. The molecule has 0 aliphatic carbocycles. The Kier molecular flexibility index (Phi) is 4.10. The van der Waals surface area contributed by atoms with E-state index in [9.17, 15) is 13.2 Å². The number of thiazole rings is 1. The summed E-state index contributed by atoms with van der Waals surface area (Å²) in [5, 5.41) is 0.108. The number of nitrogens with one attached hydrogen (secondary N) is 2. The minimum atomic E-state index is -3.91. The highest BCUT2D eigenvalue weighted by Gasteiger charge is 2.23. The fraction of sp³-hybridized carbons (Fsp3) is 0.200. The van der Waals surface area contributed by atoms with Crippen LogP contribution in [-0.2, 0) is 10.0 Å². The van der Waals surface area contributed by atoms with Crippen LogP contribution >= 0.6 is 34.5 Å². The Balaban J connectivity index is 2.49. The predicted octanol–water partition coefficient (Wildman–Crippen LogP) is 2.56. The van der Waals surface area contributed by atoms with E-state index >= 15 is 0 Å². The molecule has 0 saturated heterocycles. The van der Waals surface area contributed by atoms with E-state index in [1.165, 1.54) is 13.0 Å². The van der Waals surface area contributed by atoms with Gasteiger partial charge in [0, 0.05) is 5.69 Å². The Labute approximate surface area is 128 Å². The summed E-state index contributed by atoms with van der Waals surface area (Å²) in [6, 6.07) is 1.48. The third-order valence-corrected chi connectivity index (χ3v) is 5.82. The molecule has 0 radical (unpaired) electrons. The fourth-order valence-corrected chi connectivity index (χ4v) is 4.62. The number of aryl methyl sites for hydroxylation is 2. The van der Waals surface area contributed by atoms with E-state index in [0.717, 1.165) is 0 Å². The number of H-pyrrole nitrogens is 1. The Morgan fingerprint density at radius 1 is 1.35 bits per heavy atom. The van der Waals surface area contributed by atoms with Gasteiger partial charge in [-0.25, -0.2) is 13.4 Å². The van der Waals surface area contributed by atoms with Crippen LogP contribution in [0.5, 0.6) is 0 Å². The SMILES string of the molecule is Cc1cc(Cl)nc(Cl)c1NS(=O)(=O)c1sc(=O)[nH]c1C. The van der Waals surface area contributed by atoms with Gasteiger partial charge in [0.25, 0.3) is 10.0 Å². The average molecular weight is 354 g/mol. The Hall–Kier alpha value is -1.09. The van der Waals surface area contributed by atoms with E-state index in [0.29, 0.717) is 16.9 Å². The number of hydrogen-bond acceptors (Lipinski definition) is 5. The summed E-state index contributed by atoms with van der Waals surface area (Å²) in [5.41, 5.74) is 0.929. The molecule has 6 nitrogen and oxygen atoms in total. The van der Waals surface area contributed by atoms with Crippen LogP contribution in [0, 0.1) is 13.8 Å². The van der Waals surface area contributed by atoms with Crippen molar-refractivity contribution < 1.29 is 8.42 Å². The van der Waals surface area contributed by atoms with Crippen LogP contribution in [0.4, 0.5) is 5.69 Å². The smallest absolute Gasteiger partial charge is 0.306 e. The maximum atomic E-state index is 12.2. The van der Waals surface area contributed by atoms with Gasteiger partial charge in [0.1, 0.15) is 5.15 Å². The summed E-state index contributed by atoms with van der Waals surface area (Å²) in [6.07, 6.45) is 0. The van der Waals surface area contributed by atoms with Gasteiger partial charge < -0.3 is 4.98 Å². The molecule has 0 amide bonds. The third-order valence-electron chi connectivity index (χ3n) is 2.40. The first-order valence-corrected chi connectivity index (χ1v) is 8.31. The quantitative estimate of drug-likeness (QED) is 0.829. The molecule has 0 unspecified atom stereocenters. The molecule has 0 fully saturated rings. The number of halogens is 2. The fourth-order valence-electron chi connectivity index (χ4n) is 1.55. The van der Waals surface area contributed by atoms with Crippen molar-refractivity contribution in [1.82, 2.24) is 9.97 Å². The van der Waals surface area contributed by atoms with Crippen molar-refractivity contribution in [2.45, 2.75) is 18.1 Å². The van der Waals surface area contributed by atoms with Gasteiger partial charge in [0.05, 0.1) is 5.69 Å². The van der Waals surface area contributed by atoms with Gasteiger partial charge in [-0.05, 0) is 25.5 Å². The van der Waals surface area contributed by atoms with Crippen molar-refractivity contribution in [3.63, 3.8) is 0 Å². The number of aromatic amines is 1. The van der Waals surface area contributed by atoms with Crippen molar-refractivity contribution >= 4 is 50.2 Å². The van der Waals surface area contributed by atoms with Crippen LogP contribution in [-0.4, -0.2) is 18.4 Å². The maximum absolute atomic E-state index is 12.2. The Bertz CT molecular complexity index is 804. The van der Waals surface area contributed by atoms with Crippen LogP contribution < -0.4 is 9.60 Å². The summed E-state index contributed by atoms with van der Waals surface area (Å²) in [4.78, 5) is 16.9. The Morgan fingerprint density at radius 3 is 2.50 bits per heavy atom. The van der Waals surface area contributed by atoms with Crippen LogP contribution in [0.2, 0.25) is 10.3 Å². The zero-order valence-corrected chi connectivity index (χ0v) is 13.5. The van der Waals surface area contributed by atoms with E-state index in [4.69, 9.17) is 23.2 Å². The lowest BCUT2D eigenvalue weighted by atomic mass is 10.3. The maximum Gasteiger partial charge on any atom is 0.306 e. The number of sulfonamides is 1. The summed E-state index contributed by atoms with van der Waals surface area (Å²) < 4.78 is 26.7. The second-order valence-corrected chi connectivity index (χ2v) is 7.57. The summed E-state index contributed by atoms with van der Waals surface area (Å²) in [6.45, 7) is 3.14. The molecule has 0 aromatic carbocycles. The Morgan fingerprint density at radius 2 is 2.00 bits per heavy atom. The zero-order valence-electron chi connectivity index (χ0n) is 10.3. The van der Waals surface area contributed by atoms with Crippen LogP contribution in [0.3, 0.4) is 0 Å². The van der Waals surface area contributed by atoms with Gasteiger partial charge in [0.15, 0.2) is 9.36 Å². The zero-order chi connectivity index (χ0) is 15.1. The van der Waals surface area contributed by atoms with Gasteiger partial charge >= 0.3 is 4.87 Å². The lowest BCUT2D eigenvalue weighted by Gasteiger charge is -2.11. The highest BCUT2D eigenvalue weighted by molar-refractivity contribution is 7.94. The standard InChI is InChI=1S/C10H9Cl2N3O3S2/c1-4-3-6(11)14-8(12)7(4)15-20(17,18)9-5(2)13-10(16)19-9/h3,15H,1-2H3,(H,13,16). The lowest BCUT2D eigenvalue weighted by molar-refractivity contribution is 0.602. The van der Waals surface area contributed by atoms with Crippen molar-refractivity contribution in [3.05, 3.63) is 37.3 Å². The van der Waals surface area contributed by atoms with E-state index in [-0.39, 0.29) is 25.9 Å². The molecule has 20 heavy (non-hydrogen) atoms. The largest absolute Gasteiger partial charge is 0.315 e. The van der Waals surface area contributed by atoms with Gasteiger partial charge in [-0.15, -0.1) is 0 Å². The molecule has 2 N–H and O–H groups in total. The molecule has 2 heterocycles. The van der Waals surface area contributed by atoms with Gasteiger partial charge in [0.2, 0.25) is 0 Å². The van der Waals surface area contributed by atoms with Crippen molar-refractivity contribution in [1.29, 1.82) is 0 Å². The van der Waals surface area contributed by atoms with Gasteiger partial charge in [-0.1, -0.05) is 34.5 Å².